The second-order valence-electron chi connectivity index (χ2n) is 2.71. The van der Waals surface area contributed by atoms with Crippen molar-refractivity contribution in [2.75, 3.05) is 13.2 Å². The molecule has 0 aromatic rings. The summed E-state index contributed by atoms with van der Waals surface area (Å²) in [6.07, 6.45) is 0.714. The highest BCUT2D eigenvalue weighted by Crippen LogP contribution is 2.28. The summed E-state index contributed by atoms with van der Waals surface area (Å²) < 4.78 is 30.0. The molecule has 1 atom stereocenters. The van der Waals surface area contributed by atoms with Gasteiger partial charge in [-0.2, -0.15) is 8.78 Å². The highest BCUT2D eigenvalue weighted by Gasteiger charge is 2.40. The van der Waals surface area contributed by atoms with Crippen molar-refractivity contribution in [3.05, 3.63) is 0 Å². The van der Waals surface area contributed by atoms with Crippen LogP contribution in [0.1, 0.15) is 12.8 Å². The molecular weight excluding hydrogens is 154 g/mol. The van der Waals surface area contributed by atoms with Gasteiger partial charge in [-0.3, -0.25) is 4.79 Å². The van der Waals surface area contributed by atoms with Crippen molar-refractivity contribution in [2.45, 2.75) is 18.8 Å². The molecule has 0 aliphatic carbocycles. The normalized spacial score (nSPS) is 26.5. The Bertz CT molecular complexity index is 141. The second-order valence-corrected chi connectivity index (χ2v) is 2.71. The van der Waals surface area contributed by atoms with Gasteiger partial charge in [-0.05, 0) is 12.8 Å². The van der Waals surface area contributed by atoms with Gasteiger partial charge in [0.25, 0.3) is 0 Å². The van der Waals surface area contributed by atoms with E-state index in [2.05, 4.69) is 0 Å². The van der Waals surface area contributed by atoms with Crippen molar-refractivity contribution in [2.24, 2.45) is 5.92 Å². The SMILES string of the molecule is O=CC(F)(F)C1CCCOC1. The molecule has 1 fully saturated rings. The van der Waals surface area contributed by atoms with Crippen LogP contribution in [0.15, 0.2) is 0 Å². The minimum Gasteiger partial charge on any atom is -0.381 e. The first-order valence-corrected chi connectivity index (χ1v) is 3.58. The number of rotatable bonds is 2. The molecule has 0 saturated carbocycles. The minimum absolute atomic E-state index is 0.00569. The zero-order valence-electron chi connectivity index (χ0n) is 6.06. The van der Waals surface area contributed by atoms with Gasteiger partial charge in [-0.1, -0.05) is 0 Å². The first-order chi connectivity index (χ1) is 5.17. The quantitative estimate of drug-likeness (QED) is 0.574. The molecule has 0 aromatic carbocycles. The Balaban J connectivity index is 2.50. The largest absolute Gasteiger partial charge is 0.381 e. The number of hydrogen-bond acceptors (Lipinski definition) is 2. The number of carbonyl (C=O) groups is 1. The van der Waals surface area contributed by atoms with Crippen molar-refractivity contribution in [1.29, 1.82) is 0 Å². The van der Waals surface area contributed by atoms with Crippen LogP contribution < -0.4 is 0 Å². The van der Waals surface area contributed by atoms with E-state index in [1.54, 1.807) is 0 Å². The molecule has 2 nitrogen and oxygen atoms in total. The summed E-state index contributed by atoms with van der Waals surface area (Å²) in [6.45, 7) is 0.539. The molecule has 1 heterocycles. The Labute approximate surface area is 63.5 Å². The molecule has 0 radical (unpaired) electrons. The van der Waals surface area contributed by atoms with E-state index in [0.29, 0.717) is 19.4 Å². The van der Waals surface area contributed by atoms with E-state index in [1.165, 1.54) is 0 Å². The first kappa shape index (κ1) is 8.59. The van der Waals surface area contributed by atoms with E-state index in [-0.39, 0.29) is 12.9 Å². The van der Waals surface area contributed by atoms with Crippen LogP contribution in [0, 0.1) is 5.92 Å². The summed E-state index contributed by atoms with van der Waals surface area (Å²) in [4.78, 5) is 9.92. The number of carbonyl (C=O) groups excluding carboxylic acids is 1. The summed E-state index contributed by atoms with van der Waals surface area (Å²) in [5.41, 5.74) is 0. The molecule has 4 heteroatoms. The maximum Gasteiger partial charge on any atom is 0.307 e. The summed E-state index contributed by atoms with van der Waals surface area (Å²) in [5.74, 6) is -4.10. The highest BCUT2D eigenvalue weighted by atomic mass is 19.3. The van der Waals surface area contributed by atoms with Crippen molar-refractivity contribution in [3.8, 4) is 0 Å². The van der Waals surface area contributed by atoms with Crippen molar-refractivity contribution < 1.29 is 18.3 Å². The lowest BCUT2D eigenvalue weighted by molar-refractivity contribution is -0.146. The summed E-state index contributed by atoms with van der Waals surface area (Å²) in [5, 5.41) is 0. The van der Waals surface area contributed by atoms with Crippen LogP contribution in [0.3, 0.4) is 0 Å². The molecule has 0 aromatic heterocycles. The summed E-state index contributed by atoms with van der Waals surface area (Å²) in [7, 11) is 0. The van der Waals surface area contributed by atoms with Crippen LogP contribution in [0.5, 0.6) is 0 Å². The van der Waals surface area contributed by atoms with Crippen molar-refractivity contribution in [1.82, 2.24) is 0 Å². The van der Waals surface area contributed by atoms with Gasteiger partial charge < -0.3 is 4.74 Å². The minimum atomic E-state index is -3.19. The molecule has 1 aliphatic rings. The van der Waals surface area contributed by atoms with Gasteiger partial charge in [-0.25, -0.2) is 0 Å². The molecule has 11 heavy (non-hydrogen) atoms. The van der Waals surface area contributed by atoms with E-state index in [1.807, 2.05) is 0 Å². The third-order valence-corrected chi connectivity index (χ3v) is 1.86. The Morgan fingerprint density at radius 1 is 1.55 bits per heavy atom. The number of alkyl halides is 2. The average Bonchev–Trinajstić information content (AvgIpc) is 2.06. The standard InChI is InChI=1S/C7H10F2O2/c8-7(9,5-10)6-2-1-3-11-4-6/h5-6H,1-4H2. The fourth-order valence-electron chi connectivity index (χ4n) is 1.14. The van der Waals surface area contributed by atoms with E-state index < -0.39 is 11.8 Å². The number of ether oxygens (including phenoxy) is 1. The topological polar surface area (TPSA) is 26.3 Å². The van der Waals surface area contributed by atoms with E-state index in [4.69, 9.17) is 4.74 Å². The fraction of sp³-hybridized carbons (Fsp3) is 0.857. The molecule has 1 aliphatic heterocycles. The lowest BCUT2D eigenvalue weighted by atomic mass is 9.96. The Morgan fingerprint density at radius 2 is 2.27 bits per heavy atom. The number of halogens is 2. The van der Waals surface area contributed by atoms with Gasteiger partial charge in [0.15, 0.2) is 6.29 Å². The predicted octanol–water partition coefficient (Wildman–Crippen LogP) is 1.25. The second kappa shape index (κ2) is 3.26. The highest BCUT2D eigenvalue weighted by molar-refractivity contribution is 5.60. The van der Waals surface area contributed by atoms with Gasteiger partial charge in [0.05, 0.1) is 12.5 Å². The molecule has 0 N–H and O–H groups in total. The molecule has 1 saturated heterocycles. The van der Waals surface area contributed by atoms with Crippen LogP contribution in [-0.4, -0.2) is 25.4 Å². The average molecular weight is 164 g/mol. The molecule has 0 spiro atoms. The van der Waals surface area contributed by atoms with Crippen LogP contribution in [0.2, 0.25) is 0 Å². The van der Waals surface area contributed by atoms with Crippen molar-refractivity contribution >= 4 is 6.29 Å². The lowest BCUT2D eigenvalue weighted by Gasteiger charge is -2.25. The van der Waals surface area contributed by atoms with Gasteiger partial charge in [-0.15, -0.1) is 0 Å². The maximum absolute atomic E-state index is 12.6. The smallest absolute Gasteiger partial charge is 0.307 e. The van der Waals surface area contributed by atoms with Gasteiger partial charge >= 0.3 is 5.92 Å². The zero-order chi connectivity index (χ0) is 8.32. The van der Waals surface area contributed by atoms with Gasteiger partial charge in [0.2, 0.25) is 0 Å². The number of hydrogen-bond donors (Lipinski definition) is 0. The molecule has 64 valence electrons. The Hall–Kier alpha value is -0.510. The monoisotopic (exact) mass is 164 g/mol. The molecule has 1 unspecified atom stereocenters. The van der Waals surface area contributed by atoms with Crippen molar-refractivity contribution in [3.63, 3.8) is 0 Å². The van der Waals surface area contributed by atoms with Gasteiger partial charge in [0.1, 0.15) is 0 Å². The summed E-state index contributed by atoms with van der Waals surface area (Å²) in [6, 6.07) is 0. The Kier molecular flexibility index (Phi) is 2.54. The third kappa shape index (κ3) is 1.96. The maximum atomic E-state index is 12.6. The van der Waals surface area contributed by atoms with Crippen LogP contribution in [0.4, 0.5) is 8.78 Å². The Morgan fingerprint density at radius 3 is 2.73 bits per heavy atom. The van der Waals surface area contributed by atoms with Gasteiger partial charge in [0, 0.05) is 6.61 Å². The molecule has 1 rings (SSSR count). The van der Waals surface area contributed by atoms with E-state index >= 15 is 0 Å². The first-order valence-electron chi connectivity index (χ1n) is 3.58. The zero-order valence-corrected chi connectivity index (χ0v) is 6.06. The molecule has 0 bridgehead atoms. The van der Waals surface area contributed by atoms with Crippen LogP contribution >= 0.6 is 0 Å². The predicted molar refractivity (Wildman–Crippen MR) is 34.6 cm³/mol. The summed E-state index contributed by atoms with van der Waals surface area (Å²) >= 11 is 0. The van der Waals surface area contributed by atoms with E-state index in [0.717, 1.165) is 0 Å². The third-order valence-electron chi connectivity index (χ3n) is 1.86. The van der Waals surface area contributed by atoms with Crippen LogP contribution in [0.25, 0.3) is 0 Å². The van der Waals surface area contributed by atoms with Crippen LogP contribution in [-0.2, 0) is 9.53 Å². The molecule has 0 amide bonds. The fourth-order valence-corrected chi connectivity index (χ4v) is 1.14. The lowest BCUT2D eigenvalue weighted by Crippen LogP contribution is -2.36. The molecular formula is C7H10F2O2. The number of aldehydes is 1. The van der Waals surface area contributed by atoms with E-state index in [9.17, 15) is 13.6 Å².